The van der Waals surface area contributed by atoms with Crippen LogP contribution in [0, 0.1) is 0 Å². The Balaban J connectivity index is -0.000000739. The maximum atomic E-state index is 11.4. The van der Waals surface area contributed by atoms with Crippen molar-refractivity contribution in [3.05, 3.63) is 0 Å². The summed E-state index contributed by atoms with van der Waals surface area (Å²) in [5, 5.41) is 20.4. The molecule has 1 amide bonds. The molecule has 2 atom stereocenters. The number of carboxylic acid groups (broad SMARTS) is 1. The topological polar surface area (TPSA) is 95.9 Å². The van der Waals surface area contributed by atoms with Crippen LogP contribution in [-0.2, 0) is 9.53 Å². The molecule has 21 heavy (non-hydrogen) atoms. The smallest absolute Gasteiger partial charge is 0.407 e. The van der Waals surface area contributed by atoms with Crippen molar-refractivity contribution in [2.75, 3.05) is 0 Å². The zero-order valence-electron chi connectivity index (χ0n) is 14.7. The Labute approximate surface area is 128 Å². The predicted octanol–water partition coefficient (Wildman–Crippen LogP) is 3.18. The summed E-state index contributed by atoms with van der Waals surface area (Å²) in [6, 6.07) is -0.840. The van der Waals surface area contributed by atoms with Gasteiger partial charge in [-0.3, -0.25) is 0 Å². The number of carboxylic acids is 1. The lowest BCUT2D eigenvalue weighted by atomic mass is 10.1. The van der Waals surface area contributed by atoms with Crippen molar-refractivity contribution in [2.24, 2.45) is 0 Å². The van der Waals surface area contributed by atoms with E-state index in [0.29, 0.717) is 12.8 Å². The lowest BCUT2D eigenvalue weighted by Crippen LogP contribution is -2.48. The van der Waals surface area contributed by atoms with Crippen LogP contribution in [0.5, 0.6) is 0 Å². The minimum absolute atomic E-state index is 0.368. The van der Waals surface area contributed by atoms with Gasteiger partial charge >= 0.3 is 12.1 Å². The van der Waals surface area contributed by atoms with E-state index in [4.69, 9.17) is 9.84 Å². The number of nitrogens with one attached hydrogen (secondary N) is 1. The quantitative estimate of drug-likeness (QED) is 0.725. The third-order valence-electron chi connectivity index (χ3n) is 1.94. The highest BCUT2D eigenvalue weighted by molar-refractivity contribution is 5.75. The Bertz CT molecular complexity index is 274. The molecule has 0 aliphatic heterocycles. The Kier molecular flexibility index (Phi) is 16.1. The fourth-order valence-corrected chi connectivity index (χ4v) is 1.25. The van der Waals surface area contributed by atoms with Gasteiger partial charge < -0.3 is 20.3 Å². The van der Waals surface area contributed by atoms with Crippen molar-refractivity contribution < 1.29 is 24.5 Å². The molecule has 2 unspecified atom stereocenters. The van der Waals surface area contributed by atoms with E-state index in [0.717, 1.165) is 0 Å². The van der Waals surface area contributed by atoms with E-state index >= 15 is 0 Å². The van der Waals surface area contributed by atoms with Gasteiger partial charge in [-0.15, -0.1) is 0 Å². The van der Waals surface area contributed by atoms with Gasteiger partial charge in [0.05, 0.1) is 6.04 Å². The summed E-state index contributed by atoms with van der Waals surface area (Å²) < 4.78 is 4.99. The Hall–Kier alpha value is -1.30. The number of aliphatic carboxylic acids is 1. The molecule has 0 fully saturated rings. The molecule has 0 aliphatic carbocycles. The van der Waals surface area contributed by atoms with Gasteiger partial charge in [-0.25, -0.2) is 9.59 Å². The molecule has 0 aromatic rings. The highest BCUT2D eigenvalue weighted by atomic mass is 16.6. The maximum absolute atomic E-state index is 11.4. The molecular formula is C15H33NO5. The van der Waals surface area contributed by atoms with Crippen molar-refractivity contribution in [1.29, 1.82) is 0 Å². The molecule has 0 aliphatic rings. The van der Waals surface area contributed by atoms with Crippen molar-refractivity contribution in [2.45, 2.75) is 86.0 Å². The van der Waals surface area contributed by atoms with Crippen LogP contribution in [-0.4, -0.2) is 40.0 Å². The minimum Gasteiger partial charge on any atom is -0.479 e. The summed E-state index contributed by atoms with van der Waals surface area (Å²) in [7, 11) is 0. The maximum Gasteiger partial charge on any atom is 0.407 e. The zero-order chi connectivity index (χ0) is 17.6. The number of carbonyl (C=O) groups is 2. The van der Waals surface area contributed by atoms with Gasteiger partial charge in [-0.05, 0) is 27.2 Å². The Morgan fingerprint density at radius 3 is 1.86 bits per heavy atom. The molecule has 0 saturated heterocycles. The van der Waals surface area contributed by atoms with Crippen LogP contribution in [0.4, 0.5) is 4.79 Å². The van der Waals surface area contributed by atoms with Gasteiger partial charge in [-0.2, -0.15) is 0 Å². The van der Waals surface area contributed by atoms with Crippen molar-refractivity contribution in [3.63, 3.8) is 0 Å². The standard InChI is InChI=1S/C11H21NO5.2C2H6/c1-5-6-7(8(13)9(14)15)12-10(16)17-11(2,3)4;2*1-2/h7-8,13H,5-6H2,1-4H3,(H,12,16)(H,14,15);2*1-2H3. The van der Waals surface area contributed by atoms with Crippen molar-refractivity contribution >= 4 is 12.1 Å². The molecular weight excluding hydrogens is 274 g/mol. The van der Waals surface area contributed by atoms with Gasteiger partial charge in [0.25, 0.3) is 0 Å². The minimum atomic E-state index is -1.62. The highest BCUT2D eigenvalue weighted by Crippen LogP contribution is 2.09. The summed E-state index contributed by atoms with van der Waals surface area (Å²) in [6.07, 6.45) is -1.34. The number of ether oxygens (including phenoxy) is 1. The molecule has 0 saturated carbocycles. The molecule has 0 aromatic heterocycles. The first-order valence-corrected chi connectivity index (χ1v) is 7.57. The lowest BCUT2D eigenvalue weighted by Gasteiger charge is -2.24. The molecule has 0 aromatic carbocycles. The number of aliphatic hydroxyl groups excluding tert-OH is 1. The van der Waals surface area contributed by atoms with Crippen molar-refractivity contribution in [3.8, 4) is 0 Å². The van der Waals surface area contributed by atoms with Gasteiger partial charge in [-0.1, -0.05) is 41.0 Å². The second-order valence-corrected chi connectivity index (χ2v) is 4.82. The number of amides is 1. The molecule has 128 valence electrons. The molecule has 0 heterocycles. The summed E-state index contributed by atoms with van der Waals surface area (Å²) in [5.74, 6) is -1.36. The zero-order valence-corrected chi connectivity index (χ0v) is 14.7. The van der Waals surface area contributed by atoms with Crippen LogP contribution in [0.1, 0.15) is 68.2 Å². The fourth-order valence-electron chi connectivity index (χ4n) is 1.25. The monoisotopic (exact) mass is 307 g/mol. The number of rotatable bonds is 5. The first-order valence-electron chi connectivity index (χ1n) is 7.57. The van der Waals surface area contributed by atoms with Gasteiger partial charge in [0, 0.05) is 0 Å². The van der Waals surface area contributed by atoms with E-state index in [1.807, 2.05) is 34.6 Å². The molecule has 6 heteroatoms. The number of hydrogen-bond donors (Lipinski definition) is 3. The van der Waals surface area contributed by atoms with Crippen LogP contribution in [0.3, 0.4) is 0 Å². The van der Waals surface area contributed by atoms with E-state index in [9.17, 15) is 14.7 Å². The summed E-state index contributed by atoms with van der Waals surface area (Å²) in [5.41, 5.74) is -0.658. The van der Waals surface area contributed by atoms with E-state index < -0.39 is 29.8 Å². The van der Waals surface area contributed by atoms with Crippen LogP contribution in [0.2, 0.25) is 0 Å². The Morgan fingerprint density at radius 1 is 1.14 bits per heavy atom. The second-order valence-electron chi connectivity index (χ2n) is 4.82. The fraction of sp³-hybridized carbons (Fsp3) is 0.867. The van der Waals surface area contributed by atoms with Crippen LogP contribution < -0.4 is 5.32 Å². The van der Waals surface area contributed by atoms with Crippen molar-refractivity contribution in [1.82, 2.24) is 5.32 Å². The van der Waals surface area contributed by atoms with E-state index in [2.05, 4.69) is 5.32 Å². The number of aliphatic hydroxyl groups is 1. The molecule has 0 spiro atoms. The van der Waals surface area contributed by atoms with Gasteiger partial charge in [0.1, 0.15) is 5.60 Å². The summed E-state index contributed by atoms with van der Waals surface area (Å²) in [4.78, 5) is 22.1. The second kappa shape index (κ2) is 13.7. The predicted molar refractivity (Wildman–Crippen MR) is 84.4 cm³/mol. The number of hydrogen-bond acceptors (Lipinski definition) is 4. The highest BCUT2D eigenvalue weighted by Gasteiger charge is 2.28. The average Bonchev–Trinajstić information content (AvgIpc) is 2.39. The van der Waals surface area contributed by atoms with Gasteiger partial charge in [0.15, 0.2) is 6.10 Å². The summed E-state index contributed by atoms with van der Waals surface area (Å²) in [6.45, 7) is 14.9. The molecule has 0 radical (unpaired) electrons. The van der Waals surface area contributed by atoms with Crippen LogP contribution >= 0.6 is 0 Å². The SMILES string of the molecule is CC.CC.CCCC(NC(=O)OC(C)(C)C)C(O)C(=O)O. The molecule has 0 bridgehead atoms. The first kappa shape index (κ1) is 24.7. The lowest BCUT2D eigenvalue weighted by molar-refractivity contribution is -0.148. The third kappa shape index (κ3) is 14.9. The largest absolute Gasteiger partial charge is 0.479 e. The molecule has 0 rings (SSSR count). The molecule has 6 nitrogen and oxygen atoms in total. The third-order valence-corrected chi connectivity index (χ3v) is 1.94. The van der Waals surface area contributed by atoms with Crippen LogP contribution in [0.15, 0.2) is 0 Å². The van der Waals surface area contributed by atoms with E-state index in [1.165, 1.54) is 0 Å². The normalized spacial score (nSPS) is 12.6. The van der Waals surface area contributed by atoms with E-state index in [-0.39, 0.29) is 0 Å². The average molecular weight is 307 g/mol. The first-order chi connectivity index (χ1) is 9.67. The van der Waals surface area contributed by atoms with Crippen LogP contribution in [0.25, 0.3) is 0 Å². The Morgan fingerprint density at radius 2 is 1.57 bits per heavy atom. The summed E-state index contributed by atoms with van der Waals surface area (Å²) >= 11 is 0. The number of carbonyl (C=O) groups excluding carboxylic acids is 1. The molecule has 3 N–H and O–H groups in total. The van der Waals surface area contributed by atoms with Gasteiger partial charge in [0.2, 0.25) is 0 Å². The van der Waals surface area contributed by atoms with E-state index in [1.54, 1.807) is 20.8 Å². The number of alkyl carbamates (subject to hydrolysis) is 1.